The molecule has 2 aliphatic rings. The van der Waals surface area contributed by atoms with E-state index in [4.69, 9.17) is 4.74 Å². The Kier molecular flexibility index (Phi) is 5.81. The maximum atomic E-state index is 13.9. The first kappa shape index (κ1) is 23.4. The van der Waals surface area contributed by atoms with Crippen molar-refractivity contribution in [2.24, 2.45) is 0 Å². The van der Waals surface area contributed by atoms with E-state index in [0.717, 1.165) is 38.4 Å². The molecule has 0 aliphatic carbocycles. The molecule has 0 saturated carbocycles. The van der Waals surface area contributed by atoms with Crippen LogP contribution in [0.3, 0.4) is 0 Å². The first-order valence-corrected chi connectivity index (χ1v) is 13.0. The second kappa shape index (κ2) is 9.17. The average molecular weight is 514 g/mol. The largest absolute Gasteiger partial charge is 0.456 e. The third-order valence-corrected chi connectivity index (χ3v) is 8.16. The smallest absolute Gasteiger partial charge is 0.334 e. The quantitative estimate of drug-likeness (QED) is 0.353. The molecule has 1 atom stereocenters. The summed E-state index contributed by atoms with van der Waals surface area (Å²) in [5.74, 6) is 1.40. The molecule has 1 fully saturated rings. The van der Waals surface area contributed by atoms with Gasteiger partial charge in [-0.3, -0.25) is 0 Å². The van der Waals surface area contributed by atoms with E-state index in [-0.39, 0.29) is 12.1 Å². The van der Waals surface area contributed by atoms with Crippen molar-refractivity contribution in [3.8, 4) is 21.9 Å². The minimum absolute atomic E-state index is 0.260. The van der Waals surface area contributed by atoms with Crippen LogP contribution in [0, 0.1) is 6.92 Å². The van der Waals surface area contributed by atoms with Crippen molar-refractivity contribution in [1.82, 2.24) is 14.8 Å². The lowest BCUT2D eigenvalue weighted by Crippen LogP contribution is -2.49. The van der Waals surface area contributed by atoms with Crippen LogP contribution in [-0.2, 0) is 0 Å². The maximum absolute atomic E-state index is 13.9. The van der Waals surface area contributed by atoms with Crippen LogP contribution < -0.4 is 15.0 Å². The molecule has 0 bridgehead atoms. The van der Waals surface area contributed by atoms with Gasteiger partial charge in [0.05, 0.1) is 21.6 Å². The number of para-hydroxylation sites is 2. The van der Waals surface area contributed by atoms with Crippen LogP contribution in [0.15, 0.2) is 60.8 Å². The summed E-state index contributed by atoms with van der Waals surface area (Å²) in [4.78, 5) is 38.5. The van der Waals surface area contributed by atoms with Crippen molar-refractivity contribution in [3.05, 3.63) is 66.4 Å². The second-order valence-corrected chi connectivity index (χ2v) is 10.6. The number of aryl methyl sites for hydroxylation is 1. The van der Waals surface area contributed by atoms with Crippen molar-refractivity contribution in [1.29, 1.82) is 0 Å². The molecular weight excluding hydrogens is 486 g/mol. The number of aromatic nitrogens is 1. The zero-order chi connectivity index (χ0) is 25.7. The Morgan fingerprint density at radius 2 is 1.86 bits per heavy atom. The number of ether oxygens (including phenoxy) is 1. The summed E-state index contributed by atoms with van der Waals surface area (Å²) in [7, 11) is 4.03. The number of imide groups is 1. The van der Waals surface area contributed by atoms with Gasteiger partial charge in [0.25, 0.3) is 0 Å². The van der Waals surface area contributed by atoms with Crippen LogP contribution in [0.2, 0.25) is 0 Å². The van der Waals surface area contributed by atoms with E-state index in [1.165, 1.54) is 16.2 Å². The first-order valence-electron chi connectivity index (χ1n) is 12.2. The van der Waals surface area contributed by atoms with Crippen LogP contribution in [0.5, 0.6) is 11.5 Å². The molecule has 2 aliphatic heterocycles. The summed E-state index contributed by atoms with van der Waals surface area (Å²) >= 11 is 1.45. The predicted octanol–water partition coefficient (Wildman–Crippen LogP) is 6.17. The van der Waals surface area contributed by atoms with Gasteiger partial charge in [-0.1, -0.05) is 30.3 Å². The van der Waals surface area contributed by atoms with Crippen molar-refractivity contribution in [2.45, 2.75) is 19.4 Å². The number of benzene rings is 2. The van der Waals surface area contributed by atoms with E-state index in [9.17, 15) is 9.59 Å². The van der Waals surface area contributed by atoms with Crippen molar-refractivity contribution in [2.75, 3.05) is 37.4 Å². The minimum Gasteiger partial charge on any atom is -0.456 e. The standard InChI is InChI=1S/C28H27N5O3S/c1-17-8-4-6-10-21(17)36-22-11-7-5-9-19(22)25-24-23-20(12-14-29-26(23)37-25)30-27(34)33(24)28(35)32-15-13-18(16-32)31(2)3/h4-12,14,18H,13,15-16H2,1-3H3,(H,30,34)/t18-/m0/s1. The van der Waals surface area contributed by atoms with Gasteiger partial charge in [0.15, 0.2) is 0 Å². The molecule has 188 valence electrons. The average Bonchev–Trinajstić information content (AvgIpc) is 3.53. The predicted molar refractivity (Wildman–Crippen MR) is 147 cm³/mol. The van der Waals surface area contributed by atoms with Crippen molar-refractivity contribution < 1.29 is 14.3 Å². The van der Waals surface area contributed by atoms with Gasteiger partial charge in [0, 0.05) is 30.9 Å². The van der Waals surface area contributed by atoms with Gasteiger partial charge in [-0.2, -0.15) is 0 Å². The number of carbonyl (C=O) groups is 2. The first-order chi connectivity index (χ1) is 17.9. The molecule has 0 unspecified atom stereocenters. The van der Waals surface area contributed by atoms with Crippen LogP contribution in [0.1, 0.15) is 12.0 Å². The fourth-order valence-corrected chi connectivity index (χ4v) is 6.16. The number of carbonyl (C=O) groups excluding carboxylic acids is 2. The highest BCUT2D eigenvalue weighted by Crippen LogP contribution is 2.51. The van der Waals surface area contributed by atoms with Crippen LogP contribution in [0.4, 0.5) is 21.0 Å². The molecule has 6 rings (SSSR count). The lowest BCUT2D eigenvalue weighted by Gasteiger charge is -2.31. The van der Waals surface area contributed by atoms with E-state index in [1.54, 1.807) is 17.2 Å². The Morgan fingerprint density at radius 1 is 1.11 bits per heavy atom. The summed E-state index contributed by atoms with van der Waals surface area (Å²) < 4.78 is 6.37. The Hall–Kier alpha value is -3.95. The summed E-state index contributed by atoms with van der Waals surface area (Å²) in [5.41, 5.74) is 3.03. The Balaban J connectivity index is 1.49. The number of likely N-dealkylation sites (tertiary alicyclic amines) is 1. The van der Waals surface area contributed by atoms with Crippen molar-refractivity contribution >= 4 is 45.0 Å². The molecule has 9 heteroatoms. The second-order valence-electron chi connectivity index (χ2n) is 9.58. The van der Waals surface area contributed by atoms with Gasteiger partial charge in [0.2, 0.25) is 0 Å². The molecule has 8 nitrogen and oxygen atoms in total. The van der Waals surface area contributed by atoms with E-state index < -0.39 is 6.03 Å². The SMILES string of the molecule is Cc1ccccc1Oc1ccccc1-c1sc2nccc3c2c1N(C(=O)N1CC[C@H](N(C)C)C1)C(=O)N3. The third kappa shape index (κ3) is 4.00. The number of anilines is 2. The zero-order valence-corrected chi connectivity index (χ0v) is 21.7. The number of hydrogen-bond acceptors (Lipinski definition) is 6. The number of nitrogens with zero attached hydrogens (tertiary/aromatic N) is 4. The molecule has 2 aromatic heterocycles. The highest BCUT2D eigenvalue weighted by molar-refractivity contribution is 7.23. The van der Waals surface area contributed by atoms with Gasteiger partial charge < -0.3 is 19.9 Å². The molecule has 1 saturated heterocycles. The Labute approximate surface area is 219 Å². The van der Waals surface area contributed by atoms with E-state index in [2.05, 4.69) is 15.2 Å². The van der Waals surface area contributed by atoms with E-state index in [0.29, 0.717) is 30.2 Å². The fraction of sp³-hybridized carbons (Fsp3) is 0.250. The number of likely N-dealkylation sites (N-methyl/N-ethyl adjacent to an activating group) is 1. The summed E-state index contributed by atoms with van der Waals surface area (Å²) in [6.45, 7) is 3.17. The lowest BCUT2D eigenvalue weighted by molar-refractivity contribution is 0.208. The number of urea groups is 2. The summed E-state index contributed by atoms with van der Waals surface area (Å²) in [5, 5.41) is 3.67. The topological polar surface area (TPSA) is 78.0 Å². The number of pyridine rings is 1. The van der Waals surface area contributed by atoms with E-state index in [1.807, 2.05) is 69.6 Å². The van der Waals surface area contributed by atoms with Gasteiger partial charge in [-0.05, 0) is 57.3 Å². The molecule has 0 radical (unpaired) electrons. The summed E-state index contributed by atoms with van der Waals surface area (Å²) in [6.07, 6.45) is 2.54. The van der Waals surface area contributed by atoms with Crippen LogP contribution >= 0.6 is 11.3 Å². The molecule has 37 heavy (non-hydrogen) atoms. The monoisotopic (exact) mass is 513 g/mol. The number of hydrogen-bond donors (Lipinski definition) is 1. The van der Waals surface area contributed by atoms with Gasteiger partial charge in [-0.25, -0.2) is 19.5 Å². The number of rotatable bonds is 4. The number of nitrogens with one attached hydrogen (secondary N) is 1. The highest BCUT2D eigenvalue weighted by Gasteiger charge is 2.40. The molecule has 0 spiro atoms. The molecular formula is C28H27N5O3S. The highest BCUT2D eigenvalue weighted by atomic mass is 32.1. The van der Waals surface area contributed by atoms with Crippen LogP contribution in [0.25, 0.3) is 20.7 Å². The third-order valence-electron chi connectivity index (χ3n) is 7.04. The molecule has 4 aromatic rings. The Morgan fingerprint density at radius 3 is 2.62 bits per heavy atom. The van der Waals surface area contributed by atoms with Crippen LogP contribution in [-0.4, -0.2) is 60.1 Å². The van der Waals surface area contributed by atoms with E-state index >= 15 is 0 Å². The van der Waals surface area contributed by atoms with Gasteiger partial charge in [0.1, 0.15) is 16.3 Å². The molecule has 4 amide bonds. The van der Waals surface area contributed by atoms with Gasteiger partial charge >= 0.3 is 12.1 Å². The molecule has 4 heterocycles. The molecule has 1 N–H and O–H groups in total. The molecule has 2 aromatic carbocycles. The normalized spacial score (nSPS) is 17.0. The number of amides is 4. The lowest BCUT2D eigenvalue weighted by atomic mass is 10.1. The van der Waals surface area contributed by atoms with Crippen molar-refractivity contribution in [3.63, 3.8) is 0 Å². The minimum atomic E-state index is -0.463. The fourth-order valence-electron chi connectivity index (χ4n) is 4.97. The number of thiophene rings is 1. The summed E-state index contributed by atoms with van der Waals surface area (Å²) in [6, 6.07) is 16.8. The van der Waals surface area contributed by atoms with Gasteiger partial charge in [-0.15, -0.1) is 11.3 Å². The Bertz CT molecular complexity index is 1530. The maximum Gasteiger partial charge on any atom is 0.334 e. The zero-order valence-electron chi connectivity index (χ0n) is 20.9.